The number of aliphatic hydroxyl groups excluding tert-OH is 1. The predicted octanol–water partition coefficient (Wildman–Crippen LogP) is 7.33. The van der Waals surface area contributed by atoms with Crippen LogP contribution in [-0.4, -0.2) is 58.0 Å². The van der Waals surface area contributed by atoms with Gasteiger partial charge >= 0.3 is 0 Å². The molecule has 5 aromatic rings. The Kier molecular flexibility index (Phi) is 9.67. The van der Waals surface area contributed by atoms with E-state index in [0.29, 0.717) is 48.4 Å². The number of rotatable bonds is 11. The number of fused-ring (bicyclic) bond motifs is 3. The molecular weight excluding hydrogens is 732 g/mol. The number of benzene rings is 4. The molecule has 1 fully saturated rings. The molecule has 5 atom stereocenters. The quantitative estimate of drug-likeness (QED) is 0.0636. The zero-order chi connectivity index (χ0) is 39.4. The first-order valence-electron chi connectivity index (χ1n) is 18.9. The molecule has 0 radical (unpaired) electrons. The molecule has 0 saturated carbocycles. The van der Waals surface area contributed by atoms with Gasteiger partial charge in [-0.25, -0.2) is 0 Å². The van der Waals surface area contributed by atoms with E-state index in [-0.39, 0.29) is 30.7 Å². The predicted molar refractivity (Wildman–Crippen MR) is 211 cm³/mol. The summed E-state index contributed by atoms with van der Waals surface area (Å²) in [6, 6.07) is 29.1. The van der Waals surface area contributed by atoms with Crippen LogP contribution in [0.1, 0.15) is 53.6 Å². The number of amides is 2. The smallest absolute Gasteiger partial charge is 0.269 e. The van der Waals surface area contributed by atoms with Crippen LogP contribution in [0, 0.1) is 16.0 Å². The van der Waals surface area contributed by atoms with Crippen LogP contribution in [0.4, 0.5) is 26.9 Å². The van der Waals surface area contributed by atoms with Gasteiger partial charge in [0.05, 0.1) is 47.2 Å². The summed E-state index contributed by atoms with van der Waals surface area (Å²) in [5.74, 6) is -1.46. The maximum atomic E-state index is 16.5. The molecule has 0 aliphatic carbocycles. The highest BCUT2D eigenvalue weighted by Gasteiger charge is 2.67. The molecule has 1 N–H and O–H groups in total. The number of para-hydroxylation sites is 1. The maximum Gasteiger partial charge on any atom is 0.269 e. The molecule has 288 valence electrons. The standard InChI is InChI=1S/C42H43FN6O6Si/c1-27-40(56(2,3)43)38(20-21-46-25-35(44-45-46)33(26-50)29-11-5-4-6-12-29)55-42(27)34-23-32(49(53)54)17-18-37(34)47(41(42)52)24-28-10-9-14-31(22-28)48-36-15-8-7-13-30(36)16-19-39(48)51/h4-15,17-18,22-23,25,27,33,38,40,50H,16,19-21,24,26H2,1-3H3/t27-,33?,38+,40-,42+/m1/s1. The van der Waals surface area contributed by atoms with E-state index in [4.69, 9.17) is 4.74 Å². The molecular formula is C42H43FN6O6Si. The molecule has 0 bridgehead atoms. The topological polar surface area (TPSA) is 144 Å². The van der Waals surface area contributed by atoms with Crippen molar-refractivity contribution >= 4 is 43.0 Å². The Hall–Kier alpha value is -5.57. The number of halogens is 1. The van der Waals surface area contributed by atoms with Crippen molar-refractivity contribution in [3.8, 4) is 0 Å². The second-order valence-electron chi connectivity index (χ2n) is 15.5. The first-order valence-corrected chi connectivity index (χ1v) is 21.9. The molecule has 3 aliphatic rings. The molecule has 4 aromatic carbocycles. The summed E-state index contributed by atoms with van der Waals surface area (Å²) in [6.07, 6.45) is 2.40. The Morgan fingerprint density at radius 1 is 1.00 bits per heavy atom. The number of hydrogen-bond acceptors (Lipinski definition) is 8. The highest BCUT2D eigenvalue weighted by Crippen LogP contribution is 2.60. The second kappa shape index (κ2) is 14.5. The Balaban J connectivity index is 1.11. The SMILES string of the molecule is C[C@@H]1[C@@H]([Si](C)(C)F)[C@H](CCn2cc(C(CO)c3ccccc3)nn2)O[C@@]12C(=O)N(Cc1cccc(N3C(=O)CCc4ccccc43)c1)c1ccc([N+](=O)[O-])cc12. The summed E-state index contributed by atoms with van der Waals surface area (Å²) >= 11 is 0. The first kappa shape index (κ1) is 37.4. The zero-order valence-corrected chi connectivity index (χ0v) is 32.4. The van der Waals surface area contributed by atoms with Gasteiger partial charge in [0.2, 0.25) is 14.3 Å². The van der Waals surface area contributed by atoms with Gasteiger partial charge in [-0.05, 0) is 66.9 Å². The van der Waals surface area contributed by atoms with Crippen LogP contribution in [0.5, 0.6) is 0 Å². The lowest BCUT2D eigenvalue weighted by Gasteiger charge is -2.31. The molecule has 1 saturated heterocycles. The Labute approximate surface area is 324 Å². The monoisotopic (exact) mass is 774 g/mol. The number of hydrogen-bond donors (Lipinski definition) is 1. The summed E-state index contributed by atoms with van der Waals surface area (Å²) in [6.45, 7) is 5.29. The van der Waals surface area contributed by atoms with E-state index in [1.54, 1.807) is 39.8 Å². The Morgan fingerprint density at radius 3 is 2.52 bits per heavy atom. The number of carbonyl (C=O) groups is 2. The van der Waals surface area contributed by atoms with Crippen molar-refractivity contribution in [1.82, 2.24) is 15.0 Å². The van der Waals surface area contributed by atoms with E-state index >= 15 is 8.90 Å². The van der Waals surface area contributed by atoms with Crippen LogP contribution in [0.25, 0.3) is 0 Å². The van der Waals surface area contributed by atoms with Gasteiger partial charge in [0.25, 0.3) is 11.6 Å². The minimum absolute atomic E-state index is 0.0236. The third-order valence-corrected chi connectivity index (χ3v) is 14.2. The molecule has 56 heavy (non-hydrogen) atoms. The number of nitro groups is 1. The van der Waals surface area contributed by atoms with Crippen molar-refractivity contribution in [2.24, 2.45) is 5.92 Å². The van der Waals surface area contributed by atoms with Gasteiger partial charge in [-0.1, -0.05) is 72.8 Å². The number of non-ortho nitro benzene ring substituents is 1. The Bertz CT molecular complexity index is 2320. The fraction of sp³-hybridized carbons (Fsp3) is 0.333. The van der Waals surface area contributed by atoms with Gasteiger partial charge in [-0.2, -0.15) is 0 Å². The molecule has 4 heterocycles. The van der Waals surface area contributed by atoms with Crippen molar-refractivity contribution in [3.63, 3.8) is 0 Å². The van der Waals surface area contributed by atoms with Crippen LogP contribution in [0.3, 0.4) is 0 Å². The fourth-order valence-electron chi connectivity index (χ4n) is 9.16. The molecule has 1 unspecified atom stereocenters. The summed E-state index contributed by atoms with van der Waals surface area (Å²) in [7, 11) is -3.53. The van der Waals surface area contributed by atoms with Crippen LogP contribution < -0.4 is 9.80 Å². The number of ether oxygens (including phenoxy) is 1. The lowest BCUT2D eigenvalue weighted by molar-refractivity contribution is -0.385. The van der Waals surface area contributed by atoms with Gasteiger partial charge in [-0.3, -0.25) is 29.3 Å². The van der Waals surface area contributed by atoms with E-state index in [2.05, 4.69) is 10.3 Å². The molecule has 1 aromatic heterocycles. The number of aryl methyl sites for hydroxylation is 2. The number of aliphatic hydroxyl groups is 1. The van der Waals surface area contributed by atoms with Crippen molar-refractivity contribution < 1.29 is 28.5 Å². The van der Waals surface area contributed by atoms with Crippen LogP contribution in [-0.2, 0) is 39.4 Å². The third kappa shape index (κ3) is 6.40. The fourth-order valence-corrected chi connectivity index (χ4v) is 11.7. The van der Waals surface area contributed by atoms with Crippen molar-refractivity contribution in [2.75, 3.05) is 16.4 Å². The van der Waals surface area contributed by atoms with Crippen LogP contribution in [0.2, 0.25) is 18.6 Å². The summed E-state index contributed by atoms with van der Waals surface area (Å²) < 4.78 is 25.1. The average Bonchev–Trinajstić information content (AvgIpc) is 3.84. The van der Waals surface area contributed by atoms with Crippen molar-refractivity contribution in [3.05, 3.63) is 141 Å². The van der Waals surface area contributed by atoms with Crippen LogP contribution in [0.15, 0.2) is 103 Å². The van der Waals surface area contributed by atoms with Gasteiger partial charge in [0.15, 0.2) is 5.60 Å². The van der Waals surface area contributed by atoms with Gasteiger partial charge in [0, 0.05) is 54.0 Å². The largest absolute Gasteiger partial charge is 0.395 e. The van der Waals surface area contributed by atoms with E-state index in [1.165, 1.54) is 12.1 Å². The average molecular weight is 775 g/mol. The van der Waals surface area contributed by atoms with Gasteiger partial charge in [0.1, 0.15) is 0 Å². The lowest BCUT2D eigenvalue weighted by Crippen LogP contribution is -2.45. The highest BCUT2D eigenvalue weighted by atomic mass is 28.4. The third-order valence-electron chi connectivity index (χ3n) is 11.7. The van der Waals surface area contributed by atoms with E-state index in [0.717, 1.165) is 22.4 Å². The summed E-state index contributed by atoms with van der Waals surface area (Å²) in [5.41, 5.74) is 3.12. The minimum atomic E-state index is -3.53. The number of anilines is 3. The second-order valence-corrected chi connectivity index (χ2v) is 19.3. The van der Waals surface area contributed by atoms with Crippen LogP contribution >= 0.6 is 0 Å². The summed E-state index contributed by atoms with van der Waals surface area (Å²) in [5, 5.41) is 30.9. The molecule has 14 heteroatoms. The van der Waals surface area contributed by atoms with E-state index < -0.39 is 42.4 Å². The maximum absolute atomic E-state index is 16.5. The molecule has 1 spiro atoms. The molecule has 3 aliphatic heterocycles. The van der Waals surface area contributed by atoms with Gasteiger partial charge in [-0.15, -0.1) is 5.10 Å². The van der Waals surface area contributed by atoms with Crippen molar-refractivity contribution in [2.45, 2.75) is 75.5 Å². The number of carbonyl (C=O) groups excluding carboxylic acids is 2. The molecule has 12 nitrogen and oxygen atoms in total. The highest BCUT2D eigenvalue weighted by molar-refractivity contribution is 6.72. The number of aromatic nitrogens is 3. The Morgan fingerprint density at radius 2 is 1.77 bits per heavy atom. The van der Waals surface area contributed by atoms with Gasteiger partial charge < -0.3 is 18.9 Å². The zero-order valence-electron chi connectivity index (χ0n) is 31.4. The summed E-state index contributed by atoms with van der Waals surface area (Å²) in [4.78, 5) is 43.2. The first-order chi connectivity index (χ1) is 26.9. The normalized spacial score (nSPS) is 22.4. The number of nitro benzene ring substituents is 1. The molecule has 8 rings (SSSR count). The minimum Gasteiger partial charge on any atom is -0.395 e. The molecule has 2 amide bonds. The lowest BCUT2D eigenvalue weighted by atomic mass is 9.82. The van der Waals surface area contributed by atoms with E-state index in [9.17, 15) is 20.0 Å². The van der Waals surface area contributed by atoms with Crippen molar-refractivity contribution in [1.29, 1.82) is 0 Å². The number of nitrogens with zero attached hydrogens (tertiary/aromatic N) is 6. The van der Waals surface area contributed by atoms with E-state index in [1.807, 2.05) is 85.8 Å².